The summed E-state index contributed by atoms with van der Waals surface area (Å²) in [5.74, 6) is 0.111. The van der Waals surface area contributed by atoms with E-state index in [1.165, 1.54) is 167 Å². The Labute approximate surface area is 556 Å². The predicted molar refractivity (Wildman–Crippen MR) is 368 cm³/mol. The highest BCUT2D eigenvalue weighted by Crippen LogP contribution is 2.45. The third kappa shape index (κ3) is 63.9. The van der Waals surface area contributed by atoms with Crippen molar-refractivity contribution in [1.82, 2.24) is 0 Å². The van der Waals surface area contributed by atoms with Crippen molar-refractivity contribution in [2.45, 2.75) is 381 Å². The third-order valence-electron chi connectivity index (χ3n) is 17.4. The molecule has 19 heteroatoms. The summed E-state index contributed by atoms with van der Waals surface area (Å²) in [6.45, 7) is 11.8. The average molecular weight is 1340 g/mol. The minimum absolute atomic E-state index is 0.102. The van der Waals surface area contributed by atoms with E-state index in [1.807, 2.05) is 0 Å². The Balaban J connectivity index is 5.25. The minimum atomic E-state index is -4.95. The molecule has 0 fully saturated rings. The molecule has 4 unspecified atom stereocenters. The molecule has 0 spiro atoms. The number of esters is 4. The molecule has 0 aromatic heterocycles. The van der Waals surface area contributed by atoms with E-state index in [0.29, 0.717) is 25.7 Å². The lowest BCUT2D eigenvalue weighted by Crippen LogP contribution is -2.30. The van der Waals surface area contributed by atoms with Crippen LogP contribution < -0.4 is 0 Å². The molecule has 7 atom stereocenters. The first kappa shape index (κ1) is 89.1. The van der Waals surface area contributed by atoms with Crippen LogP contribution in [0.4, 0.5) is 0 Å². The molecule has 0 aromatic carbocycles. The van der Waals surface area contributed by atoms with E-state index in [-0.39, 0.29) is 25.7 Å². The lowest BCUT2D eigenvalue weighted by molar-refractivity contribution is -0.161. The molecule has 0 aliphatic carbocycles. The van der Waals surface area contributed by atoms with Crippen LogP contribution in [0.15, 0.2) is 0 Å². The van der Waals surface area contributed by atoms with E-state index < -0.39 is 97.5 Å². The van der Waals surface area contributed by atoms with Gasteiger partial charge in [-0.3, -0.25) is 37.3 Å². The van der Waals surface area contributed by atoms with Gasteiger partial charge in [0.2, 0.25) is 0 Å². The number of ether oxygens (including phenoxy) is 4. The number of hydrogen-bond donors (Lipinski definition) is 3. The number of carbonyl (C=O) groups is 4. The van der Waals surface area contributed by atoms with E-state index in [0.717, 1.165) is 114 Å². The fourth-order valence-corrected chi connectivity index (χ4v) is 12.4. The second-order valence-corrected chi connectivity index (χ2v) is 29.8. The first-order chi connectivity index (χ1) is 43.8. The van der Waals surface area contributed by atoms with Gasteiger partial charge in [0.1, 0.15) is 19.3 Å². The highest BCUT2D eigenvalue weighted by Gasteiger charge is 2.30. The van der Waals surface area contributed by atoms with Crippen LogP contribution in [-0.2, 0) is 65.4 Å². The molecule has 0 saturated carbocycles. The Morgan fingerprint density at radius 3 is 0.835 bits per heavy atom. The number of phosphoric acid groups is 2. The molecular weight excluding hydrogens is 1200 g/mol. The number of carbonyl (C=O) groups excluding carboxylic acids is 4. The van der Waals surface area contributed by atoms with Gasteiger partial charge in [-0.1, -0.05) is 312 Å². The van der Waals surface area contributed by atoms with Gasteiger partial charge < -0.3 is 33.8 Å². The maximum atomic E-state index is 13.0. The van der Waals surface area contributed by atoms with Gasteiger partial charge in [0.05, 0.1) is 26.4 Å². The Hall–Kier alpha value is -1.94. The largest absolute Gasteiger partial charge is 0.472 e. The highest BCUT2D eigenvalue weighted by molar-refractivity contribution is 7.47. The first-order valence-electron chi connectivity index (χ1n) is 37.4. The molecule has 0 aliphatic heterocycles. The zero-order valence-corrected chi connectivity index (χ0v) is 61.1. The van der Waals surface area contributed by atoms with Crippen molar-refractivity contribution in [2.75, 3.05) is 39.6 Å². The summed E-state index contributed by atoms with van der Waals surface area (Å²) in [5.41, 5.74) is 0. The topological polar surface area (TPSA) is 237 Å². The van der Waals surface area contributed by atoms with Gasteiger partial charge in [-0.2, -0.15) is 0 Å². The van der Waals surface area contributed by atoms with Crippen LogP contribution >= 0.6 is 15.6 Å². The Bertz CT molecular complexity index is 1790. The summed E-state index contributed by atoms with van der Waals surface area (Å²) < 4.78 is 68.3. The normalized spacial score (nSPS) is 14.8. The second kappa shape index (κ2) is 62.8. The van der Waals surface area contributed by atoms with Crippen LogP contribution in [0.5, 0.6) is 0 Å². The zero-order valence-electron chi connectivity index (χ0n) is 59.3. The van der Waals surface area contributed by atoms with Crippen molar-refractivity contribution in [3.8, 4) is 0 Å². The van der Waals surface area contributed by atoms with Crippen LogP contribution in [0, 0.1) is 17.8 Å². The van der Waals surface area contributed by atoms with Crippen molar-refractivity contribution >= 4 is 39.5 Å². The standard InChI is InChI=1S/C72H140O17P2/c1-8-11-12-13-14-15-16-17-18-21-24-27-30-39-46-53-69(74)82-59-67(88-71(76)55-48-41-31-28-25-22-19-20-23-26-29-36-43-50-63(4)5)61-86-90(78,79)84-57-66(73)58-85-91(80,81)87-62-68(89-72(77)56-49-42-35-33-38-45-52-65(7)10-3)60-83-70(75)54-47-40-34-32-37-44-51-64(6)9-2/h63-68,73H,8-62H2,1-7H3,(H,78,79)(H,80,81)/t64?,65?,66-,67-,68-/m1/s1. The van der Waals surface area contributed by atoms with Gasteiger partial charge >= 0.3 is 39.5 Å². The number of hydrogen-bond acceptors (Lipinski definition) is 15. The first-order valence-corrected chi connectivity index (χ1v) is 40.4. The number of aliphatic hydroxyl groups excluding tert-OH is 1. The van der Waals surface area contributed by atoms with E-state index in [1.54, 1.807) is 0 Å². The Morgan fingerprint density at radius 1 is 0.319 bits per heavy atom. The number of phosphoric ester groups is 2. The monoisotopic (exact) mass is 1340 g/mol. The van der Waals surface area contributed by atoms with E-state index in [9.17, 15) is 43.2 Å². The lowest BCUT2D eigenvalue weighted by Gasteiger charge is -2.21. The summed E-state index contributed by atoms with van der Waals surface area (Å²) in [7, 11) is -9.90. The second-order valence-electron chi connectivity index (χ2n) is 26.9. The molecule has 0 saturated heterocycles. The fourth-order valence-electron chi connectivity index (χ4n) is 10.8. The van der Waals surface area contributed by atoms with E-state index in [2.05, 4.69) is 48.5 Å². The molecule has 540 valence electrons. The average Bonchev–Trinajstić information content (AvgIpc) is 3.19. The summed E-state index contributed by atoms with van der Waals surface area (Å²) in [6.07, 6.45) is 47.2. The van der Waals surface area contributed by atoms with Gasteiger partial charge in [0, 0.05) is 25.7 Å². The molecule has 0 aliphatic rings. The molecule has 91 heavy (non-hydrogen) atoms. The predicted octanol–water partition coefficient (Wildman–Crippen LogP) is 20.6. The smallest absolute Gasteiger partial charge is 0.462 e. The van der Waals surface area contributed by atoms with Crippen molar-refractivity contribution in [2.24, 2.45) is 17.8 Å². The summed E-state index contributed by atoms with van der Waals surface area (Å²) >= 11 is 0. The van der Waals surface area contributed by atoms with Gasteiger partial charge in [-0.05, 0) is 43.4 Å². The molecule has 0 aromatic rings. The fraction of sp³-hybridized carbons (Fsp3) is 0.944. The molecule has 0 heterocycles. The molecular formula is C72H140O17P2. The Morgan fingerprint density at radius 2 is 0.560 bits per heavy atom. The van der Waals surface area contributed by atoms with Gasteiger partial charge in [0.15, 0.2) is 12.2 Å². The third-order valence-corrected chi connectivity index (χ3v) is 19.3. The SMILES string of the molecule is CCCCCCCCCCCCCCCCCC(=O)OC[C@H](COP(=O)(O)OC[C@@H](O)COP(=O)(O)OC[C@@H](COC(=O)CCCCCCCCC(C)CC)OC(=O)CCCCCCCCC(C)CC)OC(=O)CCCCCCCCCCCCCCCC(C)C. The quantitative estimate of drug-likeness (QED) is 0.0222. The van der Waals surface area contributed by atoms with Crippen LogP contribution in [-0.4, -0.2) is 96.7 Å². The molecule has 0 bridgehead atoms. The number of unbranched alkanes of at least 4 members (excludes halogenated alkanes) is 36. The van der Waals surface area contributed by atoms with E-state index >= 15 is 0 Å². The number of aliphatic hydroxyl groups is 1. The van der Waals surface area contributed by atoms with Crippen molar-refractivity contribution in [3.05, 3.63) is 0 Å². The summed E-state index contributed by atoms with van der Waals surface area (Å²) in [5, 5.41) is 10.6. The summed E-state index contributed by atoms with van der Waals surface area (Å²) in [6, 6.07) is 0. The van der Waals surface area contributed by atoms with Crippen LogP contribution in [0.2, 0.25) is 0 Å². The highest BCUT2D eigenvalue weighted by atomic mass is 31.2. The molecule has 17 nitrogen and oxygen atoms in total. The van der Waals surface area contributed by atoms with Crippen molar-refractivity contribution < 1.29 is 80.2 Å². The van der Waals surface area contributed by atoms with E-state index in [4.69, 9.17) is 37.0 Å². The van der Waals surface area contributed by atoms with Crippen LogP contribution in [0.25, 0.3) is 0 Å². The molecule has 0 amide bonds. The zero-order chi connectivity index (χ0) is 67.3. The molecule has 0 rings (SSSR count). The molecule has 0 radical (unpaired) electrons. The van der Waals surface area contributed by atoms with Gasteiger partial charge in [-0.25, -0.2) is 9.13 Å². The maximum Gasteiger partial charge on any atom is 0.472 e. The summed E-state index contributed by atoms with van der Waals surface area (Å²) in [4.78, 5) is 72.6. The van der Waals surface area contributed by atoms with Crippen molar-refractivity contribution in [3.63, 3.8) is 0 Å². The number of rotatable bonds is 70. The minimum Gasteiger partial charge on any atom is -0.462 e. The van der Waals surface area contributed by atoms with Crippen LogP contribution in [0.3, 0.4) is 0 Å². The maximum absolute atomic E-state index is 13.0. The lowest BCUT2D eigenvalue weighted by atomic mass is 10.00. The van der Waals surface area contributed by atoms with Crippen LogP contribution in [0.1, 0.15) is 363 Å². The van der Waals surface area contributed by atoms with Gasteiger partial charge in [0.25, 0.3) is 0 Å². The Kier molecular flexibility index (Phi) is 61.5. The van der Waals surface area contributed by atoms with Crippen molar-refractivity contribution in [1.29, 1.82) is 0 Å². The van der Waals surface area contributed by atoms with Gasteiger partial charge in [-0.15, -0.1) is 0 Å². The molecule has 3 N–H and O–H groups in total.